The summed E-state index contributed by atoms with van der Waals surface area (Å²) in [7, 11) is 2.03. The molecule has 11 heteroatoms. The fourth-order valence-electron chi connectivity index (χ4n) is 3.64. The molecule has 0 bridgehead atoms. The summed E-state index contributed by atoms with van der Waals surface area (Å²) in [4.78, 5) is 29.7. The molecule has 1 saturated heterocycles. The molecule has 1 unspecified atom stereocenters. The number of likely N-dealkylation sites (N-methyl/N-ethyl adjacent to an activating group) is 1. The van der Waals surface area contributed by atoms with Gasteiger partial charge in [0.05, 0.1) is 22.5 Å². The molecule has 0 aliphatic carbocycles. The van der Waals surface area contributed by atoms with Crippen LogP contribution < -0.4 is 10.5 Å². The topological polar surface area (TPSA) is 97.5 Å². The average Bonchev–Trinajstić information content (AvgIpc) is 2.83. The van der Waals surface area contributed by atoms with E-state index in [1.165, 1.54) is 24.5 Å². The van der Waals surface area contributed by atoms with Gasteiger partial charge in [0.1, 0.15) is 11.9 Å². The lowest BCUT2D eigenvalue weighted by Gasteiger charge is -2.32. The fraction of sp³-hybridized carbons (Fsp3) is 0.304. The normalized spacial score (nSPS) is 15.3. The van der Waals surface area contributed by atoms with Crippen molar-refractivity contribution in [1.29, 1.82) is 0 Å². The molecule has 8 nitrogen and oxygen atoms in total. The summed E-state index contributed by atoms with van der Waals surface area (Å²) >= 11 is 12.3. The average molecular weight is 505 g/mol. The van der Waals surface area contributed by atoms with Gasteiger partial charge in [-0.3, -0.25) is 9.78 Å². The number of aromatic nitrogens is 3. The predicted octanol–water partition coefficient (Wildman–Crippen LogP) is 4.09. The molecule has 0 radical (unpaired) electrons. The minimum absolute atomic E-state index is 0.0252. The Balaban J connectivity index is 1.59. The first-order valence-electron chi connectivity index (χ1n) is 10.6. The Bertz CT molecular complexity index is 1220. The molecule has 3 heterocycles. The number of amides is 1. The number of hydrogen-bond acceptors (Lipinski definition) is 7. The van der Waals surface area contributed by atoms with Crippen molar-refractivity contribution in [1.82, 2.24) is 24.8 Å². The van der Waals surface area contributed by atoms with E-state index in [0.29, 0.717) is 29.9 Å². The molecule has 1 amide bonds. The second-order valence-corrected chi connectivity index (χ2v) is 8.81. The van der Waals surface area contributed by atoms with E-state index >= 15 is 0 Å². The van der Waals surface area contributed by atoms with Crippen molar-refractivity contribution < 1.29 is 13.9 Å². The van der Waals surface area contributed by atoms with Crippen LogP contribution in [-0.4, -0.2) is 63.9 Å². The Kier molecular flexibility index (Phi) is 7.16. The van der Waals surface area contributed by atoms with Gasteiger partial charge in [-0.25, -0.2) is 14.4 Å². The van der Waals surface area contributed by atoms with Crippen molar-refractivity contribution in [2.75, 3.05) is 39.0 Å². The van der Waals surface area contributed by atoms with Crippen LogP contribution in [0.3, 0.4) is 0 Å². The monoisotopic (exact) mass is 504 g/mol. The molecular weight excluding hydrogens is 482 g/mol. The highest BCUT2D eigenvalue weighted by Crippen LogP contribution is 2.35. The molecule has 178 valence electrons. The van der Waals surface area contributed by atoms with Crippen molar-refractivity contribution in [3.63, 3.8) is 0 Å². The Labute approximate surface area is 206 Å². The number of rotatable bonds is 5. The van der Waals surface area contributed by atoms with Gasteiger partial charge in [-0.1, -0.05) is 23.2 Å². The van der Waals surface area contributed by atoms with Crippen LogP contribution in [0.4, 0.5) is 10.2 Å². The number of ether oxygens (including phenoxy) is 1. The smallest absolute Gasteiger partial charge is 0.258 e. The summed E-state index contributed by atoms with van der Waals surface area (Å²) < 4.78 is 19.8. The maximum absolute atomic E-state index is 13.9. The zero-order valence-electron chi connectivity index (χ0n) is 18.6. The summed E-state index contributed by atoms with van der Waals surface area (Å²) in [5, 5.41) is 0.114. The fourth-order valence-corrected chi connectivity index (χ4v) is 4.32. The molecule has 1 atom stereocenters. The zero-order chi connectivity index (χ0) is 24.4. The van der Waals surface area contributed by atoms with E-state index in [1.54, 1.807) is 24.1 Å². The minimum Gasteiger partial charge on any atom is -0.467 e. The van der Waals surface area contributed by atoms with Crippen molar-refractivity contribution in [3.05, 3.63) is 63.8 Å². The molecule has 2 aromatic heterocycles. The molecule has 34 heavy (non-hydrogen) atoms. The third kappa shape index (κ3) is 5.06. The first kappa shape index (κ1) is 24.1. The molecule has 0 spiro atoms. The second kappa shape index (κ2) is 10.1. The summed E-state index contributed by atoms with van der Waals surface area (Å²) in [5.74, 6) is -0.641. The molecular formula is C23H23Cl2FN6O2. The molecule has 1 aliphatic heterocycles. The standard InChI is InChI=1S/C23H23Cl2FN6O2/c1-13(19-16(24)3-4-17(26)20(19)25)34-22-21(27)29-12-18(30-22)14-9-15(11-28-10-14)23(33)32-7-5-31(2)6-8-32/h3-4,9-13H,5-8H2,1-2H3,(H2,27,29). The summed E-state index contributed by atoms with van der Waals surface area (Å²) in [5.41, 5.74) is 7.68. The van der Waals surface area contributed by atoms with E-state index < -0.39 is 11.9 Å². The second-order valence-electron chi connectivity index (χ2n) is 8.02. The van der Waals surface area contributed by atoms with Crippen LogP contribution in [0.15, 0.2) is 36.8 Å². The van der Waals surface area contributed by atoms with Gasteiger partial charge in [-0.15, -0.1) is 0 Å². The summed E-state index contributed by atoms with van der Waals surface area (Å²) in [6, 6.07) is 4.29. The SMILES string of the molecule is CC(Oc1nc(-c2cncc(C(=O)N3CCN(C)CC3)c2)cnc1N)c1c(Cl)ccc(F)c1Cl. The number of piperazine rings is 1. The van der Waals surface area contributed by atoms with E-state index in [0.717, 1.165) is 13.1 Å². The van der Waals surface area contributed by atoms with E-state index in [-0.39, 0.29) is 33.2 Å². The lowest BCUT2D eigenvalue weighted by molar-refractivity contribution is 0.0663. The molecule has 2 N–H and O–H groups in total. The van der Waals surface area contributed by atoms with Gasteiger partial charge in [0.2, 0.25) is 0 Å². The third-order valence-electron chi connectivity index (χ3n) is 5.61. The Hall–Kier alpha value is -3.01. The lowest BCUT2D eigenvalue weighted by Crippen LogP contribution is -2.47. The number of hydrogen-bond donors (Lipinski definition) is 1. The number of carbonyl (C=O) groups is 1. The summed E-state index contributed by atoms with van der Waals surface area (Å²) in [6.07, 6.45) is 3.82. The van der Waals surface area contributed by atoms with Crippen molar-refractivity contribution in [2.24, 2.45) is 0 Å². The van der Waals surface area contributed by atoms with E-state index in [4.69, 9.17) is 33.7 Å². The van der Waals surface area contributed by atoms with Crippen molar-refractivity contribution in [2.45, 2.75) is 13.0 Å². The zero-order valence-corrected chi connectivity index (χ0v) is 20.1. The van der Waals surface area contributed by atoms with Gasteiger partial charge in [0.15, 0.2) is 5.82 Å². The lowest BCUT2D eigenvalue weighted by atomic mass is 10.1. The number of nitrogen functional groups attached to an aromatic ring is 1. The van der Waals surface area contributed by atoms with Crippen LogP contribution in [0, 0.1) is 5.82 Å². The van der Waals surface area contributed by atoms with E-state index in [9.17, 15) is 9.18 Å². The van der Waals surface area contributed by atoms with Crippen LogP contribution in [0.5, 0.6) is 5.88 Å². The minimum atomic E-state index is -0.759. The van der Waals surface area contributed by atoms with Crippen LogP contribution in [0.25, 0.3) is 11.3 Å². The Morgan fingerprint density at radius 1 is 1.18 bits per heavy atom. The maximum atomic E-state index is 13.9. The van der Waals surface area contributed by atoms with Crippen molar-refractivity contribution >= 4 is 34.9 Å². The van der Waals surface area contributed by atoms with E-state index in [1.807, 2.05) is 7.05 Å². The number of nitrogens with two attached hydrogens (primary N) is 1. The Morgan fingerprint density at radius 2 is 1.91 bits per heavy atom. The maximum Gasteiger partial charge on any atom is 0.258 e. The largest absolute Gasteiger partial charge is 0.467 e. The highest BCUT2D eigenvalue weighted by atomic mass is 35.5. The van der Waals surface area contributed by atoms with Gasteiger partial charge in [-0.2, -0.15) is 0 Å². The predicted molar refractivity (Wildman–Crippen MR) is 129 cm³/mol. The van der Waals surface area contributed by atoms with Crippen LogP contribution in [0.1, 0.15) is 28.9 Å². The molecule has 0 saturated carbocycles. The number of anilines is 1. The molecule has 3 aromatic rings. The van der Waals surface area contributed by atoms with E-state index in [2.05, 4.69) is 19.9 Å². The van der Waals surface area contributed by atoms with Gasteiger partial charge in [0, 0.05) is 54.7 Å². The molecule has 4 rings (SSSR count). The van der Waals surface area contributed by atoms with Crippen LogP contribution >= 0.6 is 23.2 Å². The first-order chi connectivity index (χ1) is 16.2. The van der Waals surface area contributed by atoms with Crippen LogP contribution in [-0.2, 0) is 0 Å². The first-order valence-corrected chi connectivity index (χ1v) is 11.4. The number of carbonyl (C=O) groups excluding carboxylic acids is 1. The molecule has 1 aromatic carbocycles. The van der Waals surface area contributed by atoms with Crippen LogP contribution in [0.2, 0.25) is 10.0 Å². The third-order valence-corrected chi connectivity index (χ3v) is 6.33. The van der Waals surface area contributed by atoms with Gasteiger partial charge in [0.25, 0.3) is 11.8 Å². The highest BCUT2D eigenvalue weighted by Gasteiger charge is 2.23. The quantitative estimate of drug-likeness (QED) is 0.522. The van der Waals surface area contributed by atoms with Gasteiger partial charge >= 0.3 is 0 Å². The number of nitrogens with zero attached hydrogens (tertiary/aromatic N) is 5. The number of pyridine rings is 1. The Morgan fingerprint density at radius 3 is 2.65 bits per heavy atom. The highest BCUT2D eigenvalue weighted by molar-refractivity contribution is 6.36. The van der Waals surface area contributed by atoms with Gasteiger partial charge in [-0.05, 0) is 32.2 Å². The van der Waals surface area contributed by atoms with Crippen molar-refractivity contribution in [3.8, 4) is 17.1 Å². The molecule has 1 fully saturated rings. The molecule has 1 aliphatic rings. The van der Waals surface area contributed by atoms with Gasteiger partial charge < -0.3 is 20.3 Å². The summed E-state index contributed by atoms with van der Waals surface area (Å²) in [6.45, 7) is 4.60. The number of halogens is 3. The number of benzene rings is 1.